The lowest BCUT2D eigenvalue weighted by Gasteiger charge is -2.21. The smallest absolute Gasteiger partial charge is 0.299 e. The van der Waals surface area contributed by atoms with Gasteiger partial charge in [0.25, 0.3) is 11.4 Å². The quantitative estimate of drug-likeness (QED) is 0.269. The van der Waals surface area contributed by atoms with Gasteiger partial charge in [-0.3, -0.25) is 25.0 Å². The van der Waals surface area contributed by atoms with E-state index in [1.165, 1.54) is 12.1 Å². The zero-order valence-electron chi connectivity index (χ0n) is 16.2. The standard InChI is InChI=1S/C18H27N5O6/c24-18(14-5-9-19-10-6-14)21-8-2-12-29-11-1-7-20-16-4-3-15(22(25)26)13-17(16)23(27)28/h3-4,13-14,19-20H,1-2,5-12H2,(H,21,24). The lowest BCUT2D eigenvalue weighted by Crippen LogP contribution is -2.38. The van der Waals surface area contributed by atoms with Crippen molar-refractivity contribution in [2.24, 2.45) is 5.92 Å². The molecule has 0 aliphatic carbocycles. The number of carbonyl (C=O) groups excluding carboxylic acids is 1. The van der Waals surface area contributed by atoms with Crippen LogP contribution in [0.25, 0.3) is 0 Å². The van der Waals surface area contributed by atoms with Gasteiger partial charge in [-0.05, 0) is 44.8 Å². The van der Waals surface area contributed by atoms with E-state index in [9.17, 15) is 25.0 Å². The van der Waals surface area contributed by atoms with Crippen LogP contribution in [-0.4, -0.2) is 55.1 Å². The first kappa shape index (κ1) is 22.5. The molecule has 0 spiro atoms. The Morgan fingerprint density at radius 3 is 2.45 bits per heavy atom. The highest BCUT2D eigenvalue weighted by Gasteiger charge is 2.20. The maximum Gasteiger partial charge on any atom is 0.299 e. The molecule has 0 atom stereocenters. The van der Waals surface area contributed by atoms with E-state index in [1.807, 2.05) is 0 Å². The highest BCUT2D eigenvalue weighted by molar-refractivity contribution is 5.78. The van der Waals surface area contributed by atoms with Gasteiger partial charge in [0, 0.05) is 38.3 Å². The van der Waals surface area contributed by atoms with Crippen molar-refractivity contribution < 1.29 is 19.4 Å². The molecule has 29 heavy (non-hydrogen) atoms. The van der Waals surface area contributed by atoms with Crippen LogP contribution in [0.5, 0.6) is 0 Å². The van der Waals surface area contributed by atoms with Gasteiger partial charge >= 0.3 is 0 Å². The number of benzene rings is 1. The molecule has 1 saturated heterocycles. The predicted octanol–water partition coefficient (Wildman–Crippen LogP) is 1.83. The summed E-state index contributed by atoms with van der Waals surface area (Å²) in [7, 11) is 0. The third-order valence-electron chi connectivity index (χ3n) is 4.64. The van der Waals surface area contributed by atoms with Gasteiger partial charge in [0.1, 0.15) is 5.69 Å². The van der Waals surface area contributed by atoms with Gasteiger partial charge in [0.15, 0.2) is 0 Å². The van der Waals surface area contributed by atoms with E-state index in [4.69, 9.17) is 4.74 Å². The van der Waals surface area contributed by atoms with E-state index in [2.05, 4.69) is 16.0 Å². The molecule has 0 unspecified atom stereocenters. The second-order valence-corrected chi connectivity index (χ2v) is 6.78. The number of rotatable bonds is 12. The van der Waals surface area contributed by atoms with Crippen molar-refractivity contribution in [2.75, 3.05) is 44.7 Å². The molecule has 1 aliphatic heterocycles. The number of hydrogen-bond donors (Lipinski definition) is 3. The van der Waals surface area contributed by atoms with Crippen molar-refractivity contribution in [2.45, 2.75) is 25.7 Å². The van der Waals surface area contributed by atoms with Gasteiger partial charge in [0.05, 0.1) is 15.9 Å². The third kappa shape index (κ3) is 7.62. The molecule has 1 heterocycles. The summed E-state index contributed by atoms with van der Waals surface area (Å²) >= 11 is 0. The second kappa shape index (κ2) is 11.9. The summed E-state index contributed by atoms with van der Waals surface area (Å²) in [6.07, 6.45) is 3.10. The molecule has 1 aliphatic rings. The van der Waals surface area contributed by atoms with Gasteiger partial charge in [-0.25, -0.2) is 0 Å². The third-order valence-corrected chi connectivity index (χ3v) is 4.64. The maximum atomic E-state index is 12.0. The Morgan fingerprint density at radius 1 is 1.10 bits per heavy atom. The minimum Gasteiger partial charge on any atom is -0.381 e. The van der Waals surface area contributed by atoms with Crippen molar-refractivity contribution in [1.29, 1.82) is 0 Å². The second-order valence-electron chi connectivity index (χ2n) is 6.78. The number of hydrogen-bond acceptors (Lipinski definition) is 8. The molecule has 1 aromatic rings. The van der Waals surface area contributed by atoms with Crippen LogP contribution in [-0.2, 0) is 9.53 Å². The van der Waals surface area contributed by atoms with Crippen LogP contribution in [0.2, 0.25) is 0 Å². The van der Waals surface area contributed by atoms with Crippen LogP contribution in [0, 0.1) is 26.1 Å². The molecule has 3 N–H and O–H groups in total. The van der Waals surface area contributed by atoms with E-state index in [0.717, 1.165) is 38.4 Å². The topological polar surface area (TPSA) is 149 Å². The molecular formula is C18H27N5O6. The molecule has 0 bridgehead atoms. The zero-order chi connectivity index (χ0) is 21.1. The Kier molecular flexibility index (Phi) is 9.25. The Bertz CT molecular complexity index is 708. The molecule has 0 saturated carbocycles. The van der Waals surface area contributed by atoms with Crippen LogP contribution in [0.1, 0.15) is 25.7 Å². The summed E-state index contributed by atoms with van der Waals surface area (Å²) in [5, 5.41) is 30.9. The lowest BCUT2D eigenvalue weighted by atomic mass is 9.97. The number of piperidine rings is 1. The van der Waals surface area contributed by atoms with Crippen LogP contribution in [0.3, 0.4) is 0 Å². The molecule has 11 nitrogen and oxygen atoms in total. The van der Waals surface area contributed by atoms with Crippen molar-refractivity contribution in [1.82, 2.24) is 10.6 Å². The minimum atomic E-state index is -0.667. The zero-order valence-corrected chi connectivity index (χ0v) is 16.2. The Balaban J connectivity index is 1.56. The number of nitro benzene ring substituents is 2. The molecular weight excluding hydrogens is 382 g/mol. The summed E-state index contributed by atoms with van der Waals surface area (Å²) in [6, 6.07) is 3.50. The Morgan fingerprint density at radius 2 is 1.79 bits per heavy atom. The molecule has 0 radical (unpaired) electrons. The molecule has 1 fully saturated rings. The summed E-state index contributed by atoms with van der Waals surface area (Å²) in [6.45, 7) is 3.78. The van der Waals surface area contributed by atoms with Crippen LogP contribution in [0.4, 0.5) is 17.1 Å². The van der Waals surface area contributed by atoms with E-state index < -0.39 is 9.85 Å². The van der Waals surface area contributed by atoms with Gasteiger partial charge in [-0.15, -0.1) is 0 Å². The fraction of sp³-hybridized carbons (Fsp3) is 0.611. The average Bonchev–Trinajstić information content (AvgIpc) is 2.72. The molecule has 2 rings (SSSR count). The van der Waals surface area contributed by atoms with Crippen molar-refractivity contribution in [3.05, 3.63) is 38.4 Å². The summed E-state index contributed by atoms with van der Waals surface area (Å²) < 4.78 is 5.50. The number of amides is 1. The molecule has 0 aromatic heterocycles. The minimum absolute atomic E-state index is 0.103. The van der Waals surface area contributed by atoms with Crippen molar-refractivity contribution in [3.8, 4) is 0 Å². The molecule has 11 heteroatoms. The molecule has 1 amide bonds. The number of nitrogens with zero attached hydrogens (tertiary/aromatic N) is 2. The van der Waals surface area contributed by atoms with Crippen LogP contribution in [0.15, 0.2) is 18.2 Å². The van der Waals surface area contributed by atoms with Gasteiger partial charge in [-0.1, -0.05) is 0 Å². The van der Waals surface area contributed by atoms with E-state index in [-0.39, 0.29) is 28.9 Å². The summed E-state index contributed by atoms with van der Waals surface area (Å²) in [5.41, 5.74) is -0.413. The SMILES string of the molecule is O=C(NCCCOCCCNc1ccc([N+](=O)[O-])cc1[N+](=O)[O-])C1CCNCC1. The number of carbonyl (C=O) groups is 1. The van der Waals surface area contributed by atoms with E-state index in [0.29, 0.717) is 32.7 Å². The number of ether oxygens (including phenoxy) is 1. The van der Waals surface area contributed by atoms with Gasteiger partial charge in [0.2, 0.25) is 5.91 Å². The summed E-state index contributed by atoms with van der Waals surface area (Å²) in [5.74, 6) is 0.215. The largest absolute Gasteiger partial charge is 0.381 e. The Hall–Kier alpha value is -2.79. The van der Waals surface area contributed by atoms with Gasteiger partial charge in [-0.2, -0.15) is 0 Å². The monoisotopic (exact) mass is 409 g/mol. The average molecular weight is 409 g/mol. The van der Waals surface area contributed by atoms with Crippen LogP contribution >= 0.6 is 0 Å². The fourth-order valence-electron chi connectivity index (χ4n) is 3.05. The van der Waals surface area contributed by atoms with Crippen molar-refractivity contribution in [3.63, 3.8) is 0 Å². The lowest BCUT2D eigenvalue weighted by molar-refractivity contribution is -0.393. The molecule has 1 aromatic carbocycles. The van der Waals surface area contributed by atoms with Crippen LogP contribution < -0.4 is 16.0 Å². The number of non-ortho nitro benzene ring substituents is 1. The van der Waals surface area contributed by atoms with Crippen molar-refractivity contribution >= 4 is 23.0 Å². The Labute approximate surface area is 168 Å². The molecule has 160 valence electrons. The fourth-order valence-corrected chi connectivity index (χ4v) is 3.05. The first-order valence-electron chi connectivity index (χ1n) is 9.72. The van der Waals surface area contributed by atoms with E-state index in [1.54, 1.807) is 0 Å². The highest BCUT2D eigenvalue weighted by atomic mass is 16.6. The first-order valence-corrected chi connectivity index (χ1v) is 9.72. The number of anilines is 1. The van der Waals surface area contributed by atoms with Gasteiger partial charge < -0.3 is 20.7 Å². The first-order chi connectivity index (χ1) is 14.0. The highest BCUT2D eigenvalue weighted by Crippen LogP contribution is 2.28. The number of nitro groups is 2. The predicted molar refractivity (Wildman–Crippen MR) is 107 cm³/mol. The summed E-state index contributed by atoms with van der Waals surface area (Å²) in [4.78, 5) is 32.5. The number of nitrogens with one attached hydrogen (secondary N) is 3. The normalized spacial score (nSPS) is 14.3. The maximum absolute atomic E-state index is 12.0. The van der Waals surface area contributed by atoms with E-state index >= 15 is 0 Å².